The molecule has 2 saturated carbocycles. The van der Waals surface area contributed by atoms with Gasteiger partial charge in [0.1, 0.15) is 6.29 Å². The molecule has 5 heteroatoms. The smallest absolute Gasteiger partial charge is 0.331 e. The van der Waals surface area contributed by atoms with Crippen molar-refractivity contribution in [3.63, 3.8) is 0 Å². The van der Waals surface area contributed by atoms with Crippen LogP contribution in [0.5, 0.6) is 0 Å². The number of hydrogen-bond donors (Lipinski definition) is 3. The van der Waals surface area contributed by atoms with Gasteiger partial charge in [0.25, 0.3) is 0 Å². The number of aliphatic hydroxyl groups is 2. The molecule has 5 nitrogen and oxygen atoms in total. The van der Waals surface area contributed by atoms with Gasteiger partial charge in [0.2, 0.25) is 0 Å². The Morgan fingerprint density at radius 1 is 1.50 bits per heavy atom. The molecule has 6 atom stereocenters. The minimum atomic E-state index is -1.04. The number of aliphatic carboxylic acids is 1. The first kappa shape index (κ1) is 13.8. The molecule has 20 heavy (non-hydrogen) atoms. The lowest BCUT2D eigenvalue weighted by atomic mass is 9.66. The Morgan fingerprint density at radius 2 is 2.20 bits per heavy atom. The van der Waals surface area contributed by atoms with E-state index in [4.69, 9.17) is 0 Å². The average molecular weight is 280 g/mol. The van der Waals surface area contributed by atoms with E-state index in [0.29, 0.717) is 12.8 Å². The van der Waals surface area contributed by atoms with Gasteiger partial charge < -0.3 is 20.1 Å². The van der Waals surface area contributed by atoms with Crippen LogP contribution >= 0.6 is 0 Å². The third-order valence-corrected chi connectivity index (χ3v) is 6.27. The summed E-state index contributed by atoms with van der Waals surface area (Å²) in [6, 6.07) is 0. The summed E-state index contributed by atoms with van der Waals surface area (Å²) in [7, 11) is 0. The predicted molar refractivity (Wildman–Crippen MR) is 69.7 cm³/mol. The number of carboxylic acid groups (broad SMARTS) is 1. The molecule has 0 aliphatic heterocycles. The van der Waals surface area contributed by atoms with Crippen molar-refractivity contribution in [1.29, 1.82) is 0 Å². The van der Waals surface area contributed by atoms with Crippen molar-refractivity contribution in [3.05, 3.63) is 11.6 Å². The fourth-order valence-electron chi connectivity index (χ4n) is 5.30. The van der Waals surface area contributed by atoms with Crippen LogP contribution in [-0.4, -0.2) is 40.3 Å². The molecule has 2 fully saturated rings. The number of aldehydes is 1. The maximum Gasteiger partial charge on any atom is 0.331 e. The minimum absolute atomic E-state index is 0.0108. The molecular formula is C15H20O5. The molecule has 3 rings (SSSR count). The molecule has 0 heterocycles. The van der Waals surface area contributed by atoms with Crippen LogP contribution in [-0.2, 0) is 9.59 Å². The molecule has 0 saturated heterocycles. The molecule has 3 N–H and O–H groups in total. The van der Waals surface area contributed by atoms with Crippen molar-refractivity contribution in [2.75, 3.05) is 6.61 Å². The Bertz CT molecular complexity index is 498. The molecule has 0 amide bonds. The predicted octanol–water partition coefficient (Wildman–Crippen LogP) is 0.602. The highest BCUT2D eigenvalue weighted by atomic mass is 16.4. The van der Waals surface area contributed by atoms with E-state index in [0.717, 1.165) is 12.7 Å². The van der Waals surface area contributed by atoms with E-state index in [1.165, 1.54) is 6.08 Å². The molecule has 0 unspecified atom stereocenters. The van der Waals surface area contributed by atoms with E-state index in [1.54, 1.807) is 0 Å². The van der Waals surface area contributed by atoms with E-state index in [2.05, 4.69) is 0 Å². The molecule has 3 aliphatic carbocycles. The maximum absolute atomic E-state index is 11.4. The molecular weight excluding hydrogens is 260 g/mol. The van der Waals surface area contributed by atoms with Crippen LogP contribution < -0.4 is 0 Å². The molecule has 1 spiro atoms. The van der Waals surface area contributed by atoms with Gasteiger partial charge in [-0.05, 0) is 37.2 Å². The van der Waals surface area contributed by atoms with Gasteiger partial charge >= 0.3 is 5.97 Å². The Labute approximate surface area is 117 Å². The van der Waals surface area contributed by atoms with Gasteiger partial charge in [-0.3, -0.25) is 0 Å². The van der Waals surface area contributed by atoms with Crippen LogP contribution in [0, 0.1) is 28.6 Å². The standard InChI is InChI=1S/C15H20O5/c1-14(7-17)10-5-15(8(6-16)2-3-11(14)15)12(18)4-9(10)13(19)20/h4,6,8,10-12,17-18H,2-3,5,7H2,1H3,(H,19,20)/t8-,10+,11+,12+,14-,15-/m1/s1. The number of carboxylic acids is 1. The molecule has 110 valence electrons. The third kappa shape index (κ3) is 1.35. The Hall–Kier alpha value is -1.20. The van der Waals surface area contributed by atoms with E-state index < -0.39 is 22.9 Å². The summed E-state index contributed by atoms with van der Waals surface area (Å²) in [6.45, 7) is 1.78. The number of hydrogen-bond acceptors (Lipinski definition) is 4. The van der Waals surface area contributed by atoms with E-state index in [9.17, 15) is 24.9 Å². The zero-order chi connectivity index (χ0) is 14.7. The fraction of sp³-hybridized carbons (Fsp3) is 0.733. The lowest BCUT2D eigenvalue weighted by Crippen LogP contribution is -2.43. The van der Waals surface area contributed by atoms with Gasteiger partial charge in [-0.15, -0.1) is 0 Å². The highest BCUT2D eigenvalue weighted by molar-refractivity contribution is 5.88. The van der Waals surface area contributed by atoms with E-state index >= 15 is 0 Å². The number of aliphatic hydroxyl groups excluding tert-OH is 2. The molecule has 0 aromatic carbocycles. The zero-order valence-electron chi connectivity index (χ0n) is 11.5. The van der Waals surface area contributed by atoms with Gasteiger partial charge in [-0.2, -0.15) is 0 Å². The average Bonchev–Trinajstić information content (AvgIpc) is 2.88. The maximum atomic E-state index is 11.4. The molecule has 0 radical (unpaired) electrons. The summed E-state index contributed by atoms with van der Waals surface area (Å²) >= 11 is 0. The van der Waals surface area contributed by atoms with E-state index in [-0.39, 0.29) is 29.9 Å². The monoisotopic (exact) mass is 280 g/mol. The first-order chi connectivity index (χ1) is 9.41. The second kappa shape index (κ2) is 4.15. The van der Waals surface area contributed by atoms with Crippen molar-refractivity contribution >= 4 is 12.3 Å². The highest BCUT2D eigenvalue weighted by Gasteiger charge is 2.69. The Balaban J connectivity index is 2.17. The first-order valence-corrected chi connectivity index (χ1v) is 7.11. The summed E-state index contributed by atoms with van der Waals surface area (Å²) in [5.41, 5.74) is -0.957. The second-order valence-electron chi connectivity index (χ2n) is 6.78. The van der Waals surface area contributed by atoms with Gasteiger partial charge in [0.15, 0.2) is 0 Å². The van der Waals surface area contributed by atoms with Crippen LogP contribution in [0.15, 0.2) is 11.6 Å². The minimum Gasteiger partial charge on any atom is -0.478 e. The first-order valence-electron chi connectivity index (χ1n) is 7.11. The Morgan fingerprint density at radius 3 is 2.75 bits per heavy atom. The van der Waals surface area contributed by atoms with Crippen molar-refractivity contribution in [2.24, 2.45) is 28.6 Å². The number of rotatable bonds is 3. The van der Waals surface area contributed by atoms with Crippen molar-refractivity contribution < 1.29 is 24.9 Å². The quantitative estimate of drug-likeness (QED) is 0.658. The van der Waals surface area contributed by atoms with Crippen LogP contribution in [0.25, 0.3) is 0 Å². The third-order valence-electron chi connectivity index (χ3n) is 6.27. The zero-order valence-corrected chi connectivity index (χ0v) is 11.5. The van der Waals surface area contributed by atoms with Crippen molar-refractivity contribution in [3.8, 4) is 0 Å². The Kier molecular flexibility index (Phi) is 2.86. The number of fused-ring (bicyclic) bond motifs is 1. The van der Waals surface area contributed by atoms with Crippen LogP contribution in [0.2, 0.25) is 0 Å². The fourth-order valence-corrected chi connectivity index (χ4v) is 5.30. The molecule has 0 aromatic heterocycles. The van der Waals surface area contributed by atoms with Crippen molar-refractivity contribution in [2.45, 2.75) is 32.3 Å². The largest absolute Gasteiger partial charge is 0.478 e. The lowest BCUT2D eigenvalue weighted by molar-refractivity contribution is -0.134. The van der Waals surface area contributed by atoms with Gasteiger partial charge in [-0.1, -0.05) is 6.92 Å². The topological polar surface area (TPSA) is 94.8 Å². The summed E-state index contributed by atoms with van der Waals surface area (Å²) < 4.78 is 0. The van der Waals surface area contributed by atoms with E-state index in [1.807, 2.05) is 6.92 Å². The highest BCUT2D eigenvalue weighted by Crippen LogP contribution is 2.70. The second-order valence-corrected chi connectivity index (χ2v) is 6.78. The normalized spacial score (nSPS) is 49.6. The summed E-state index contributed by atoms with van der Waals surface area (Å²) in [4.78, 5) is 22.8. The van der Waals surface area contributed by atoms with Crippen LogP contribution in [0.1, 0.15) is 26.2 Å². The van der Waals surface area contributed by atoms with Gasteiger partial charge in [0, 0.05) is 28.9 Å². The molecule has 3 aliphatic rings. The lowest BCUT2D eigenvalue weighted by Gasteiger charge is -2.40. The van der Waals surface area contributed by atoms with Gasteiger partial charge in [0.05, 0.1) is 6.10 Å². The summed E-state index contributed by atoms with van der Waals surface area (Å²) in [6.07, 6.45) is 3.35. The summed E-state index contributed by atoms with van der Waals surface area (Å²) in [5.74, 6) is -1.58. The number of carbonyl (C=O) groups excluding carboxylic acids is 1. The summed E-state index contributed by atoms with van der Waals surface area (Å²) in [5, 5.41) is 29.8. The number of carbonyl (C=O) groups is 2. The molecule has 0 aromatic rings. The SMILES string of the molecule is C[C@@]1(CO)[C@H]2C[C@@]3([C@@H](O)C=C2C(=O)O)[C@@H](C=O)CC[C@@H]13. The van der Waals surface area contributed by atoms with Crippen LogP contribution in [0.4, 0.5) is 0 Å². The molecule has 2 bridgehead atoms. The van der Waals surface area contributed by atoms with Gasteiger partial charge in [-0.25, -0.2) is 4.79 Å². The van der Waals surface area contributed by atoms with Crippen molar-refractivity contribution in [1.82, 2.24) is 0 Å². The van der Waals surface area contributed by atoms with Crippen LogP contribution in [0.3, 0.4) is 0 Å².